The van der Waals surface area contributed by atoms with Crippen molar-refractivity contribution in [2.24, 2.45) is 13.0 Å². The van der Waals surface area contributed by atoms with Crippen molar-refractivity contribution < 1.29 is 23.9 Å². The molecule has 0 bridgehead atoms. The Morgan fingerprint density at radius 1 is 1.17 bits per heavy atom. The first-order valence-corrected chi connectivity index (χ1v) is 12.1. The number of aromatic nitrogens is 4. The van der Waals surface area contributed by atoms with Crippen molar-refractivity contribution in [2.75, 3.05) is 18.5 Å². The van der Waals surface area contributed by atoms with Gasteiger partial charge in [0.05, 0.1) is 31.1 Å². The number of hydrogen-bond acceptors (Lipinski definition) is 9. The van der Waals surface area contributed by atoms with Crippen LogP contribution in [0.25, 0.3) is 10.2 Å². The summed E-state index contributed by atoms with van der Waals surface area (Å²) in [5.74, 6) is -1.30. The number of carbonyl (C=O) groups excluding carboxylic acids is 3. The number of ether oxygens (including phenoxy) is 2. The van der Waals surface area contributed by atoms with Gasteiger partial charge < -0.3 is 14.8 Å². The Hall–Kier alpha value is -3.54. The number of nitrogens with one attached hydrogen (secondary N) is 1. The maximum atomic E-state index is 13.4. The molecule has 0 aliphatic rings. The van der Waals surface area contributed by atoms with Crippen molar-refractivity contribution in [1.82, 2.24) is 19.3 Å². The molecule has 0 spiro atoms. The fourth-order valence-electron chi connectivity index (χ4n) is 3.51. The van der Waals surface area contributed by atoms with E-state index >= 15 is 0 Å². The first-order chi connectivity index (χ1) is 16.6. The zero-order valence-electron chi connectivity index (χ0n) is 20.6. The molecule has 3 aromatic rings. The highest BCUT2D eigenvalue weighted by Crippen LogP contribution is 2.28. The quantitative estimate of drug-likeness (QED) is 0.440. The number of anilines is 1. The molecule has 11 nitrogen and oxygen atoms in total. The SMILES string of the molecule is CCOC(=O)c1cnn(C)c1NC(=O)C(CC)n1cnc2sc(C(=O)OCC(C)C)c(C)c2c1=O. The lowest BCUT2D eigenvalue weighted by Gasteiger charge is -2.18. The van der Waals surface area contributed by atoms with E-state index in [1.165, 1.54) is 21.8 Å². The van der Waals surface area contributed by atoms with Crippen LogP contribution < -0.4 is 10.9 Å². The van der Waals surface area contributed by atoms with Crippen LogP contribution in [-0.2, 0) is 21.3 Å². The van der Waals surface area contributed by atoms with E-state index in [0.717, 1.165) is 11.3 Å². The highest BCUT2D eigenvalue weighted by atomic mass is 32.1. The van der Waals surface area contributed by atoms with Gasteiger partial charge in [-0.15, -0.1) is 11.3 Å². The Morgan fingerprint density at radius 3 is 2.51 bits per heavy atom. The van der Waals surface area contributed by atoms with Crippen LogP contribution in [0, 0.1) is 12.8 Å². The lowest BCUT2D eigenvalue weighted by atomic mass is 10.1. The third kappa shape index (κ3) is 5.26. The third-order valence-corrected chi connectivity index (χ3v) is 6.49. The summed E-state index contributed by atoms with van der Waals surface area (Å²) in [6, 6.07) is -0.917. The summed E-state index contributed by atoms with van der Waals surface area (Å²) in [5.41, 5.74) is 0.137. The molecule has 1 N–H and O–H groups in total. The van der Waals surface area contributed by atoms with Gasteiger partial charge in [0.25, 0.3) is 5.56 Å². The fourth-order valence-corrected chi connectivity index (χ4v) is 4.55. The van der Waals surface area contributed by atoms with E-state index in [4.69, 9.17) is 9.47 Å². The molecule has 1 unspecified atom stereocenters. The number of esters is 2. The molecule has 0 saturated carbocycles. The first kappa shape index (κ1) is 26.1. The van der Waals surface area contributed by atoms with Crippen LogP contribution in [0.3, 0.4) is 0 Å². The highest BCUT2D eigenvalue weighted by molar-refractivity contribution is 7.20. The standard InChI is InChI=1S/C23H29N5O6S/c1-7-15(19(29)26-18-14(9-25-27(18)6)22(31)33-8-2)28-11-24-20-16(21(28)30)13(5)17(35-20)23(32)34-10-12(3)4/h9,11-12,15H,7-8,10H2,1-6H3,(H,26,29). The summed E-state index contributed by atoms with van der Waals surface area (Å²) >= 11 is 1.09. The number of hydrogen-bond donors (Lipinski definition) is 1. The van der Waals surface area contributed by atoms with E-state index < -0.39 is 29.4 Å². The molecular weight excluding hydrogens is 474 g/mol. The topological polar surface area (TPSA) is 134 Å². The second-order valence-electron chi connectivity index (χ2n) is 8.35. The van der Waals surface area contributed by atoms with Crippen LogP contribution in [0.15, 0.2) is 17.3 Å². The summed E-state index contributed by atoms with van der Waals surface area (Å²) in [7, 11) is 1.58. The van der Waals surface area contributed by atoms with E-state index in [1.54, 1.807) is 27.8 Å². The third-order valence-electron chi connectivity index (χ3n) is 5.31. The Morgan fingerprint density at radius 2 is 1.89 bits per heavy atom. The van der Waals surface area contributed by atoms with Crippen LogP contribution in [0.5, 0.6) is 0 Å². The average molecular weight is 504 g/mol. The van der Waals surface area contributed by atoms with Crippen LogP contribution in [0.2, 0.25) is 0 Å². The first-order valence-electron chi connectivity index (χ1n) is 11.3. The van der Waals surface area contributed by atoms with Gasteiger partial charge >= 0.3 is 11.9 Å². The van der Waals surface area contributed by atoms with Crippen molar-refractivity contribution in [1.29, 1.82) is 0 Å². The minimum Gasteiger partial charge on any atom is -0.462 e. The number of amides is 1. The maximum absolute atomic E-state index is 13.4. The van der Waals surface area contributed by atoms with Gasteiger partial charge in [-0.25, -0.2) is 14.6 Å². The van der Waals surface area contributed by atoms with Crippen molar-refractivity contribution in [3.05, 3.63) is 38.9 Å². The monoisotopic (exact) mass is 503 g/mol. The molecule has 0 saturated heterocycles. The minimum absolute atomic E-state index is 0.108. The molecule has 0 radical (unpaired) electrons. The van der Waals surface area contributed by atoms with Gasteiger partial charge in [-0.3, -0.25) is 18.8 Å². The van der Waals surface area contributed by atoms with Crippen LogP contribution in [0.4, 0.5) is 5.82 Å². The smallest absolute Gasteiger partial charge is 0.348 e. The molecule has 1 atom stereocenters. The molecule has 0 aliphatic heterocycles. The molecule has 12 heteroatoms. The van der Waals surface area contributed by atoms with Gasteiger partial charge in [-0.05, 0) is 31.7 Å². The molecule has 1 amide bonds. The highest BCUT2D eigenvalue weighted by Gasteiger charge is 2.27. The Kier molecular flexibility index (Phi) is 8.05. The van der Waals surface area contributed by atoms with E-state index in [0.29, 0.717) is 15.3 Å². The van der Waals surface area contributed by atoms with Crippen molar-refractivity contribution in [3.63, 3.8) is 0 Å². The van der Waals surface area contributed by atoms with Crippen molar-refractivity contribution in [2.45, 2.75) is 47.1 Å². The van der Waals surface area contributed by atoms with E-state index in [2.05, 4.69) is 15.4 Å². The van der Waals surface area contributed by atoms with Crippen molar-refractivity contribution >= 4 is 45.2 Å². The molecular formula is C23H29N5O6S. The largest absolute Gasteiger partial charge is 0.462 e. The Bertz CT molecular complexity index is 1320. The minimum atomic E-state index is -0.917. The van der Waals surface area contributed by atoms with Gasteiger partial charge in [-0.2, -0.15) is 5.10 Å². The number of fused-ring (bicyclic) bond motifs is 1. The zero-order valence-corrected chi connectivity index (χ0v) is 21.4. The zero-order chi connectivity index (χ0) is 25.9. The van der Waals surface area contributed by atoms with Gasteiger partial charge in [0.2, 0.25) is 5.91 Å². The lowest BCUT2D eigenvalue weighted by molar-refractivity contribution is -0.119. The lowest BCUT2D eigenvalue weighted by Crippen LogP contribution is -2.34. The average Bonchev–Trinajstić information content (AvgIpc) is 3.34. The number of rotatable bonds is 9. The second-order valence-corrected chi connectivity index (χ2v) is 9.35. The normalized spacial score (nSPS) is 12.1. The molecule has 0 aromatic carbocycles. The predicted molar refractivity (Wildman–Crippen MR) is 131 cm³/mol. The second kappa shape index (κ2) is 10.8. The molecule has 0 aliphatic carbocycles. The molecule has 3 heterocycles. The molecule has 35 heavy (non-hydrogen) atoms. The van der Waals surface area contributed by atoms with Crippen LogP contribution in [0.1, 0.15) is 65.8 Å². The summed E-state index contributed by atoms with van der Waals surface area (Å²) in [6.45, 7) is 9.41. The summed E-state index contributed by atoms with van der Waals surface area (Å²) in [5, 5.41) is 6.99. The van der Waals surface area contributed by atoms with E-state index in [1.807, 2.05) is 13.8 Å². The van der Waals surface area contributed by atoms with Gasteiger partial charge in [0.15, 0.2) is 0 Å². The molecule has 0 fully saturated rings. The number of thiophene rings is 1. The maximum Gasteiger partial charge on any atom is 0.348 e. The molecule has 3 aromatic heterocycles. The summed E-state index contributed by atoms with van der Waals surface area (Å²) in [6.07, 6.45) is 2.88. The Balaban J connectivity index is 1.95. The van der Waals surface area contributed by atoms with E-state index in [-0.39, 0.29) is 42.3 Å². The number of carbonyl (C=O) groups is 3. The summed E-state index contributed by atoms with van der Waals surface area (Å²) < 4.78 is 12.9. The molecule has 3 rings (SSSR count). The van der Waals surface area contributed by atoms with Gasteiger partial charge in [0.1, 0.15) is 27.1 Å². The van der Waals surface area contributed by atoms with Crippen LogP contribution >= 0.6 is 11.3 Å². The number of aryl methyl sites for hydroxylation is 2. The summed E-state index contributed by atoms with van der Waals surface area (Å²) in [4.78, 5) is 56.4. The van der Waals surface area contributed by atoms with Gasteiger partial charge in [0, 0.05) is 7.05 Å². The van der Waals surface area contributed by atoms with Crippen molar-refractivity contribution in [3.8, 4) is 0 Å². The van der Waals surface area contributed by atoms with E-state index in [9.17, 15) is 19.2 Å². The fraction of sp³-hybridized carbons (Fsp3) is 0.478. The number of nitrogens with zero attached hydrogens (tertiary/aromatic N) is 4. The molecule has 188 valence electrons. The Labute approximate surface area is 206 Å². The predicted octanol–water partition coefficient (Wildman–Crippen LogP) is 3.08. The van der Waals surface area contributed by atoms with Crippen LogP contribution in [-0.4, -0.2) is 50.4 Å². The van der Waals surface area contributed by atoms with Gasteiger partial charge in [-0.1, -0.05) is 20.8 Å².